The minimum Gasteiger partial charge on any atom is -0.485 e. The molecular weight excluding hydrogens is 340 g/mol. The number of carbonyl (C=O) groups excluding carboxylic acids is 3. The molecule has 0 aliphatic carbocycles. The van der Waals surface area contributed by atoms with Gasteiger partial charge in [0.2, 0.25) is 12.0 Å². The average Bonchev–Trinajstić information content (AvgIpc) is 2.67. The van der Waals surface area contributed by atoms with Crippen molar-refractivity contribution in [2.75, 3.05) is 32.8 Å². The maximum atomic E-state index is 12.5. The third-order valence-corrected chi connectivity index (χ3v) is 4.45. The Morgan fingerprint density at radius 2 is 1.69 bits per heavy atom. The zero-order valence-electron chi connectivity index (χ0n) is 14.8. The van der Waals surface area contributed by atoms with Gasteiger partial charge in [-0.05, 0) is 19.1 Å². The molecule has 3 rings (SSSR count). The molecule has 1 aromatic carbocycles. The van der Waals surface area contributed by atoms with E-state index in [0.29, 0.717) is 37.7 Å². The van der Waals surface area contributed by atoms with Crippen LogP contribution in [0.25, 0.3) is 0 Å². The monoisotopic (exact) mass is 362 g/mol. The first-order valence-corrected chi connectivity index (χ1v) is 8.59. The van der Waals surface area contributed by atoms with Gasteiger partial charge >= 0.3 is 5.97 Å². The third-order valence-electron chi connectivity index (χ3n) is 4.45. The standard InChI is InChI=1S/C18H22N2O6/c1-12(17(22)20-9-7-19(8-10-20)13(2)21)25-18(23)16-11-24-14-5-3-4-6-15(14)26-16/h3-6,12,16H,7-11H2,1-2H3. The average molecular weight is 362 g/mol. The molecule has 26 heavy (non-hydrogen) atoms. The number of para-hydroxylation sites is 2. The molecular formula is C18H22N2O6. The van der Waals surface area contributed by atoms with Crippen molar-refractivity contribution in [3.8, 4) is 11.5 Å². The summed E-state index contributed by atoms with van der Waals surface area (Å²) in [6, 6.07) is 7.05. The van der Waals surface area contributed by atoms with Crippen LogP contribution in [-0.2, 0) is 19.1 Å². The first-order chi connectivity index (χ1) is 12.5. The van der Waals surface area contributed by atoms with Crippen LogP contribution in [0.2, 0.25) is 0 Å². The molecule has 2 heterocycles. The number of nitrogens with zero attached hydrogens (tertiary/aromatic N) is 2. The first kappa shape index (κ1) is 18.0. The van der Waals surface area contributed by atoms with E-state index in [2.05, 4.69) is 0 Å². The van der Waals surface area contributed by atoms with Crippen LogP contribution >= 0.6 is 0 Å². The van der Waals surface area contributed by atoms with E-state index in [1.807, 2.05) is 6.07 Å². The smallest absolute Gasteiger partial charge is 0.351 e. The van der Waals surface area contributed by atoms with Gasteiger partial charge in [0, 0.05) is 33.1 Å². The lowest BCUT2D eigenvalue weighted by Gasteiger charge is -2.35. The van der Waals surface area contributed by atoms with Crippen LogP contribution < -0.4 is 9.47 Å². The van der Waals surface area contributed by atoms with E-state index in [1.165, 1.54) is 13.8 Å². The Balaban J connectivity index is 1.51. The number of benzene rings is 1. The zero-order chi connectivity index (χ0) is 18.7. The van der Waals surface area contributed by atoms with Crippen LogP contribution in [-0.4, -0.2) is 72.6 Å². The molecule has 140 valence electrons. The summed E-state index contributed by atoms with van der Waals surface area (Å²) < 4.78 is 16.4. The lowest BCUT2D eigenvalue weighted by molar-refractivity contribution is -0.167. The third kappa shape index (κ3) is 3.89. The molecule has 1 aromatic rings. The fourth-order valence-corrected chi connectivity index (χ4v) is 2.94. The molecule has 2 amide bonds. The number of piperazine rings is 1. The molecule has 8 nitrogen and oxygen atoms in total. The van der Waals surface area contributed by atoms with Crippen molar-refractivity contribution in [2.45, 2.75) is 26.1 Å². The molecule has 0 saturated carbocycles. The van der Waals surface area contributed by atoms with Gasteiger partial charge in [-0.15, -0.1) is 0 Å². The van der Waals surface area contributed by atoms with Crippen LogP contribution in [0.15, 0.2) is 24.3 Å². The molecule has 0 radical (unpaired) electrons. The first-order valence-electron chi connectivity index (χ1n) is 8.59. The van der Waals surface area contributed by atoms with E-state index < -0.39 is 18.2 Å². The molecule has 2 aliphatic heterocycles. The van der Waals surface area contributed by atoms with Crippen molar-refractivity contribution in [2.24, 2.45) is 0 Å². The van der Waals surface area contributed by atoms with Crippen LogP contribution in [0.1, 0.15) is 13.8 Å². The summed E-state index contributed by atoms with van der Waals surface area (Å²) in [5.41, 5.74) is 0. The summed E-state index contributed by atoms with van der Waals surface area (Å²) in [7, 11) is 0. The van der Waals surface area contributed by atoms with Gasteiger partial charge in [0.05, 0.1) is 0 Å². The number of amides is 2. The van der Waals surface area contributed by atoms with Gasteiger partial charge in [-0.1, -0.05) is 12.1 Å². The largest absolute Gasteiger partial charge is 0.485 e. The van der Waals surface area contributed by atoms with Crippen molar-refractivity contribution >= 4 is 17.8 Å². The predicted octanol–water partition coefficient (Wildman–Crippen LogP) is 0.449. The molecule has 2 unspecified atom stereocenters. The van der Waals surface area contributed by atoms with Gasteiger partial charge in [0.1, 0.15) is 6.61 Å². The second-order valence-electron chi connectivity index (χ2n) is 6.27. The van der Waals surface area contributed by atoms with Gasteiger partial charge in [-0.25, -0.2) is 4.79 Å². The maximum Gasteiger partial charge on any atom is 0.351 e. The molecule has 2 aliphatic rings. The summed E-state index contributed by atoms with van der Waals surface area (Å²) in [6.07, 6.45) is -1.83. The van der Waals surface area contributed by atoms with Crippen LogP contribution in [0, 0.1) is 0 Å². The lowest BCUT2D eigenvalue weighted by Crippen LogP contribution is -2.53. The van der Waals surface area contributed by atoms with Gasteiger partial charge in [-0.2, -0.15) is 0 Å². The van der Waals surface area contributed by atoms with Crippen molar-refractivity contribution in [3.05, 3.63) is 24.3 Å². The van der Waals surface area contributed by atoms with Gasteiger partial charge in [0.15, 0.2) is 17.6 Å². The molecule has 8 heteroatoms. The van der Waals surface area contributed by atoms with Gasteiger partial charge in [-0.3, -0.25) is 9.59 Å². The Morgan fingerprint density at radius 1 is 1.08 bits per heavy atom. The van der Waals surface area contributed by atoms with Crippen molar-refractivity contribution in [1.29, 1.82) is 0 Å². The van der Waals surface area contributed by atoms with E-state index in [9.17, 15) is 14.4 Å². The lowest BCUT2D eigenvalue weighted by atomic mass is 10.2. The number of hydrogen-bond acceptors (Lipinski definition) is 6. The second-order valence-corrected chi connectivity index (χ2v) is 6.27. The van der Waals surface area contributed by atoms with Gasteiger partial charge < -0.3 is 24.0 Å². The van der Waals surface area contributed by atoms with Crippen molar-refractivity contribution in [3.63, 3.8) is 0 Å². The summed E-state index contributed by atoms with van der Waals surface area (Å²) in [4.78, 5) is 39.4. The fraction of sp³-hybridized carbons (Fsp3) is 0.500. The maximum absolute atomic E-state index is 12.5. The quantitative estimate of drug-likeness (QED) is 0.726. The van der Waals surface area contributed by atoms with E-state index in [-0.39, 0.29) is 18.4 Å². The molecule has 0 N–H and O–H groups in total. The van der Waals surface area contributed by atoms with Crippen LogP contribution in [0.5, 0.6) is 11.5 Å². The normalized spacial score (nSPS) is 20.3. The highest BCUT2D eigenvalue weighted by molar-refractivity contribution is 5.85. The summed E-state index contributed by atoms with van der Waals surface area (Å²) >= 11 is 0. The highest BCUT2D eigenvalue weighted by Gasteiger charge is 2.33. The molecule has 2 atom stereocenters. The van der Waals surface area contributed by atoms with E-state index in [4.69, 9.17) is 14.2 Å². The molecule has 0 bridgehead atoms. The van der Waals surface area contributed by atoms with E-state index in [0.717, 1.165) is 0 Å². The Hall–Kier alpha value is -2.77. The molecule has 1 fully saturated rings. The Labute approximate surface area is 151 Å². The highest BCUT2D eigenvalue weighted by atomic mass is 16.6. The number of ether oxygens (including phenoxy) is 3. The zero-order valence-corrected chi connectivity index (χ0v) is 14.8. The Kier molecular flexibility index (Phi) is 5.29. The predicted molar refractivity (Wildman–Crippen MR) is 90.7 cm³/mol. The number of fused-ring (bicyclic) bond motifs is 1. The topological polar surface area (TPSA) is 85.4 Å². The number of rotatable bonds is 3. The minimum absolute atomic E-state index is 0.00805. The Morgan fingerprint density at radius 3 is 2.35 bits per heavy atom. The van der Waals surface area contributed by atoms with E-state index in [1.54, 1.807) is 28.0 Å². The van der Waals surface area contributed by atoms with Crippen molar-refractivity contribution in [1.82, 2.24) is 9.80 Å². The summed E-state index contributed by atoms with van der Waals surface area (Å²) in [6.45, 7) is 4.90. The number of carbonyl (C=O) groups is 3. The number of esters is 1. The van der Waals surface area contributed by atoms with Crippen molar-refractivity contribution < 1.29 is 28.6 Å². The highest BCUT2D eigenvalue weighted by Crippen LogP contribution is 2.31. The Bertz CT molecular complexity index is 699. The van der Waals surface area contributed by atoms with Crippen LogP contribution in [0.3, 0.4) is 0 Å². The summed E-state index contributed by atoms with van der Waals surface area (Å²) in [5.74, 6) is 0.122. The van der Waals surface area contributed by atoms with Crippen LogP contribution in [0.4, 0.5) is 0 Å². The SMILES string of the molecule is CC(=O)N1CCN(C(=O)C(C)OC(=O)C2COc3ccccc3O2)CC1. The minimum atomic E-state index is -0.924. The fourth-order valence-electron chi connectivity index (χ4n) is 2.94. The van der Waals surface area contributed by atoms with E-state index >= 15 is 0 Å². The molecule has 0 aromatic heterocycles. The number of hydrogen-bond donors (Lipinski definition) is 0. The summed E-state index contributed by atoms with van der Waals surface area (Å²) in [5, 5.41) is 0. The molecule has 0 spiro atoms. The second kappa shape index (κ2) is 7.63. The van der Waals surface area contributed by atoms with Gasteiger partial charge in [0.25, 0.3) is 5.91 Å². The molecule has 1 saturated heterocycles.